The van der Waals surface area contributed by atoms with E-state index in [0.29, 0.717) is 0 Å². The SMILES string of the molecule is N#Cc1ccccc1CN1CCN(Cc2cscn2)CC1. The van der Waals surface area contributed by atoms with Crippen molar-refractivity contribution in [1.29, 1.82) is 5.26 Å². The quantitative estimate of drug-likeness (QED) is 0.869. The number of nitriles is 1. The summed E-state index contributed by atoms with van der Waals surface area (Å²) in [5.41, 5.74) is 4.99. The Morgan fingerprint density at radius 1 is 1.10 bits per heavy atom. The van der Waals surface area contributed by atoms with E-state index in [0.717, 1.165) is 50.4 Å². The van der Waals surface area contributed by atoms with Crippen LogP contribution in [0.2, 0.25) is 0 Å². The largest absolute Gasteiger partial charge is 0.296 e. The Morgan fingerprint density at radius 2 is 1.81 bits per heavy atom. The lowest BCUT2D eigenvalue weighted by Crippen LogP contribution is -2.45. The second kappa shape index (κ2) is 6.81. The third-order valence-corrected chi connectivity index (χ3v) is 4.50. The Bertz CT molecular complexity index is 609. The van der Waals surface area contributed by atoms with Gasteiger partial charge in [0.25, 0.3) is 0 Å². The van der Waals surface area contributed by atoms with Crippen molar-refractivity contribution in [2.45, 2.75) is 13.1 Å². The van der Waals surface area contributed by atoms with E-state index in [1.54, 1.807) is 11.3 Å². The molecule has 1 fully saturated rings. The van der Waals surface area contributed by atoms with Gasteiger partial charge in [-0.2, -0.15) is 5.26 Å². The van der Waals surface area contributed by atoms with E-state index in [1.807, 2.05) is 23.7 Å². The summed E-state index contributed by atoms with van der Waals surface area (Å²) in [7, 11) is 0. The topological polar surface area (TPSA) is 43.2 Å². The van der Waals surface area contributed by atoms with Crippen LogP contribution in [-0.4, -0.2) is 41.0 Å². The van der Waals surface area contributed by atoms with Gasteiger partial charge in [0.1, 0.15) is 0 Å². The van der Waals surface area contributed by atoms with Gasteiger partial charge in [-0.1, -0.05) is 18.2 Å². The van der Waals surface area contributed by atoms with Crippen molar-refractivity contribution < 1.29 is 0 Å². The molecule has 1 aliphatic rings. The van der Waals surface area contributed by atoms with Crippen molar-refractivity contribution in [3.8, 4) is 6.07 Å². The van der Waals surface area contributed by atoms with Crippen LogP contribution in [-0.2, 0) is 13.1 Å². The van der Waals surface area contributed by atoms with Crippen LogP contribution in [0.25, 0.3) is 0 Å². The van der Waals surface area contributed by atoms with Crippen LogP contribution >= 0.6 is 11.3 Å². The standard InChI is InChI=1S/C16H18N4S/c17-9-14-3-1-2-4-15(14)10-19-5-7-20(8-6-19)11-16-12-21-13-18-16/h1-4,12-13H,5-8,10-11H2. The highest BCUT2D eigenvalue weighted by molar-refractivity contribution is 7.07. The third kappa shape index (κ3) is 3.67. The molecule has 0 spiro atoms. The molecule has 21 heavy (non-hydrogen) atoms. The summed E-state index contributed by atoms with van der Waals surface area (Å²) in [5.74, 6) is 0. The van der Waals surface area contributed by atoms with Crippen LogP contribution in [0.3, 0.4) is 0 Å². The average molecular weight is 298 g/mol. The summed E-state index contributed by atoms with van der Waals surface area (Å²) in [5, 5.41) is 11.3. The fourth-order valence-corrected chi connectivity index (χ4v) is 3.21. The van der Waals surface area contributed by atoms with Crippen molar-refractivity contribution >= 4 is 11.3 Å². The molecular formula is C16H18N4S. The van der Waals surface area contributed by atoms with Gasteiger partial charge >= 0.3 is 0 Å². The molecule has 0 atom stereocenters. The normalized spacial score (nSPS) is 16.7. The van der Waals surface area contributed by atoms with Gasteiger partial charge < -0.3 is 0 Å². The number of thiazole rings is 1. The summed E-state index contributed by atoms with van der Waals surface area (Å²) in [6.45, 7) is 6.03. The Kier molecular flexibility index (Phi) is 4.61. The zero-order valence-corrected chi connectivity index (χ0v) is 12.7. The molecule has 0 bridgehead atoms. The molecule has 3 rings (SSSR count). The smallest absolute Gasteiger partial charge is 0.0995 e. The van der Waals surface area contributed by atoms with Gasteiger partial charge in [-0.3, -0.25) is 9.80 Å². The third-order valence-electron chi connectivity index (χ3n) is 3.87. The predicted octanol–water partition coefficient (Wildman–Crippen LogP) is 2.33. The summed E-state index contributed by atoms with van der Waals surface area (Å²) in [6, 6.07) is 10.2. The molecule has 0 saturated carbocycles. The molecule has 4 nitrogen and oxygen atoms in total. The highest BCUT2D eigenvalue weighted by atomic mass is 32.1. The monoisotopic (exact) mass is 298 g/mol. The molecule has 0 aliphatic carbocycles. The first-order valence-corrected chi connectivity index (χ1v) is 8.09. The second-order valence-electron chi connectivity index (χ2n) is 5.30. The summed E-state index contributed by atoms with van der Waals surface area (Å²) >= 11 is 1.66. The fourth-order valence-electron chi connectivity index (χ4n) is 2.66. The maximum Gasteiger partial charge on any atom is 0.0995 e. The van der Waals surface area contributed by atoms with E-state index in [4.69, 9.17) is 5.26 Å². The Morgan fingerprint density at radius 3 is 2.48 bits per heavy atom. The maximum absolute atomic E-state index is 9.15. The molecule has 108 valence electrons. The Hall–Kier alpha value is -1.74. The molecule has 2 heterocycles. The van der Waals surface area contributed by atoms with Gasteiger partial charge in [-0.05, 0) is 11.6 Å². The number of benzene rings is 1. The molecule has 0 N–H and O–H groups in total. The van der Waals surface area contributed by atoms with Crippen LogP contribution in [0.1, 0.15) is 16.8 Å². The van der Waals surface area contributed by atoms with Crippen molar-refractivity contribution in [2.75, 3.05) is 26.2 Å². The minimum absolute atomic E-state index is 0.794. The summed E-state index contributed by atoms with van der Waals surface area (Å²) in [6.07, 6.45) is 0. The minimum Gasteiger partial charge on any atom is -0.296 e. The highest BCUT2D eigenvalue weighted by Crippen LogP contribution is 2.14. The number of hydrogen-bond donors (Lipinski definition) is 0. The van der Waals surface area contributed by atoms with E-state index in [-0.39, 0.29) is 0 Å². The molecule has 1 aromatic carbocycles. The van der Waals surface area contributed by atoms with E-state index in [1.165, 1.54) is 5.69 Å². The van der Waals surface area contributed by atoms with Gasteiger partial charge in [0, 0.05) is 44.6 Å². The minimum atomic E-state index is 0.794. The number of rotatable bonds is 4. The second-order valence-corrected chi connectivity index (χ2v) is 6.02. The average Bonchev–Trinajstić information content (AvgIpc) is 3.03. The predicted molar refractivity (Wildman–Crippen MR) is 83.8 cm³/mol. The number of nitrogens with zero attached hydrogens (tertiary/aromatic N) is 4. The molecule has 1 saturated heterocycles. The number of hydrogen-bond acceptors (Lipinski definition) is 5. The molecule has 2 aromatic rings. The zero-order valence-electron chi connectivity index (χ0n) is 11.9. The van der Waals surface area contributed by atoms with Crippen molar-refractivity contribution in [1.82, 2.24) is 14.8 Å². The van der Waals surface area contributed by atoms with Crippen LogP contribution in [0.4, 0.5) is 0 Å². The van der Waals surface area contributed by atoms with Gasteiger partial charge in [-0.25, -0.2) is 4.98 Å². The number of piperazine rings is 1. The van der Waals surface area contributed by atoms with E-state index < -0.39 is 0 Å². The zero-order chi connectivity index (χ0) is 14.5. The van der Waals surface area contributed by atoms with Crippen LogP contribution in [0.5, 0.6) is 0 Å². The molecule has 0 radical (unpaired) electrons. The van der Waals surface area contributed by atoms with Crippen molar-refractivity contribution in [2.24, 2.45) is 0 Å². The van der Waals surface area contributed by atoms with Gasteiger partial charge in [0.2, 0.25) is 0 Å². The van der Waals surface area contributed by atoms with Crippen LogP contribution in [0, 0.1) is 11.3 Å². The molecular weight excluding hydrogens is 280 g/mol. The van der Waals surface area contributed by atoms with Crippen LogP contribution < -0.4 is 0 Å². The lowest BCUT2D eigenvalue weighted by Gasteiger charge is -2.34. The van der Waals surface area contributed by atoms with Gasteiger partial charge in [0.05, 0.1) is 22.8 Å². The molecule has 1 aliphatic heterocycles. The first-order valence-electron chi connectivity index (χ1n) is 7.15. The Labute approximate surface area is 129 Å². The first-order chi connectivity index (χ1) is 10.3. The fraction of sp³-hybridized carbons (Fsp3) is 0.375. The van der Waals surface area contributed by atoms with Crippen molar-refractivity contribution in [3.05, 3.63) is 52.0 Å². The van der Waals surface area contributed by atoms with Gasteiger partial charge in [0.15, 0.2) is 0 Å². The molecule has 5 heteroatoms. The molecule has 0 amide bonds. The van der Waals surface area contributed by atoms with Gasteiger partial charge in [-0.15, -0.1) is 11.3 Å². The summed E-state index contributed by atoms with van der Waals surface area (Å²) in [4.78, 5) is 9.22. The lowest BCUT2D eigenvalue weighted by molar-refractivity contribution is 0.121. The van der Waals surface area contributed by atoms with E-state index >= 15 is 0 Å². The lowest BCUT2D eigenvalue weighted by atomic mass is 10.1. The van der Waals surface area contributed by atoms with E-state index in [9.17, 15) is 0 Å². The van der Waals surface area contributed by atoms with E-state index in [2.05, 4.69) is 32.3 Å². The Balaban J connectivity index is 1.53. The highest BCUT2D eigenvalue weighted by Gasteiger charge is 2.18. The first kappa shape index (κ1) is 14.2. The maximum atomic E-state index is 9.15. The van der Waals surface area contributed by atoms with Crippen molar-refractivity contribution in [3.63, 3.8) is 0 Å². The molecule has 0 unspecified atom stereocenters. The molecule has 1 aromatic heterocycles. The van der Waals surface area contributed by atoms with Crippen LogP contribution in [0.15, 0.2) is 35.2 Å². The summed E-state index contributed by atoms with van der Waals surface area (Å²) < 4.78 is 0. The number of aromatic nitrogens is 1.